The zero-order valence-corrected chi connectivity index (χ0v) is 17.8. The summed E-state index contributed by atoms with van der Waals surface area (Å²) in [5.41, 5.74) is 11.9. The van der Waals surface area contributed by atoms with Gasteiger partial charge >= 0.3 is 5.97 Å². The Kier molecular flexibility index (Phi) is 10.5. The van der Waals surface area contributed by atoms with Crippen molar-refractivity contribution in [1.29, 1.82) is 0 Å². The zero-order valence-electron chi connectivity index (χ0n) is 16.9. The first-order chi connectivity index (χ1) is 14.5. The molecule has 1 aromatic rings. The van der Waals surface area contributed by atoms with E-state index in [1.54, 1.807) is 24.3 Å². The summed E-state index contributed by atoms with van der Waals surface area (Å²) in [7, 11) is 0. The first kappa shape index (κ1) is 25.9. The average Bonchev–Trinajstić information content (AvgIpc) is 2.71. The lowest BCUT2D eigenvalue weighted by Crippen LogP contribution is -2.58. The van der Waals surface area contributed by atoms with Crippen LogP contribution in [0.4, 0.5) is 0 Å². The number of amides is 4. The van der Waals surface area contributed by atoms with Crippen molar-refractivity contribution >= 4 is 42.2 Å². The Morgan fingerprint density at radius 3 is 2.03 bits per heavy atom. The van der Waals surface area contributed by atoms with Gasteiger partial charge in [-0.2, -0.15) is 12.6 Å². The smallest absolute Gasteiger partial charge is 0.325 e. The third-order valence-electron chi connectivity index (χ3n) is 4.22. The molecule has 12 heteroatoms. The fourth-order valence-electron chi connectivity index (χ4n) is 2.49. The molecule has 0 radical (unpaired) electrons. The molecule has 1 rings (SSSR count). The van der Waals surface area contributed by atoms with Crippen molar-refractivity contribution in [1.82, 2.24) is 16.0 Å². The Morgan fingerprint density at radius 2 is 1.52 bits per heavy atom. The van der Waals surface area contributed by atoms with Crippen LogP contribution in [0, 0.1) is 0 Å². The van der Waals surface area contributed by atoms with Crippen LogP contribution in [0.5, 0.6) is 0 Å². The van der Waals surface area contributed by atoms with E-state index in [1.807, 2.05) is 6.07 Å². The highest BCUT2D eigenvalue weighted by Gasteiger charge is 2.29. The van der Waals surface area contributed by atoms with Crippen LogP contribution in [-0.2, 0) is 30.4 Å². The maximum atomic E-state index is 12.6. The van der Waals surface area contributed by atoms with Gasteiger partial charge in [-0.3, -0.25) is 24.0 Å². The van der Waals surface area contributed by atoms with Crippen molar-refractivity contribution in [3.8, 4) is 0 Å². The second kappa shape index (κ2) is 12.5. The molecule has 4 unspecified atom stereocenters. The van der Waals surface area contributed by atoms with Crippen molar-refractivity contribution in [2.24, 2.45) is 11.5 Å². The molecule has 0 fully saturated rings. The van der Waals surface area contributed by atoms with Crippen LogP contribution in [-0.4, -0.2) is 64.6 Å². The van der Waals surface area contributed by atoms with Gasteiger partial charge in [-0.05, 0) is 18.9 Å². The van der Waals surface area contributed by atoms with Crippen molar-refractivity contribution in [2.45, 2.75) is 43.9 Å². The Morgan fingerprint density at radius 1 is 0.968 bits per heavy atom. The predicted molar refractivity (Wildman–Crippen MR) is 115 cm³/mol. The molecule has 11 nitrogen and oxygen atoms in total. The van der Waals surface area contributed by atoms with Crippen LogP contribution in [0.3, 0.4) is 0 Å². The lowest BCUT2D eigenvalue weighted by atomic mass is 10.1. The van der Waals surface area contributed by atoms with Gasteiger partial charge in [0.05, 0.1) is 12.5 Å². The van der Waals surface area contributed by atoms with Gasteiger partial charge in [0.2, 0.25) is 23.6 Å². The molecule has 0 spiro atoms. The topological polar surface area (TPSA) is 194 Å². The van der Waals surface area contributed by atoms with Gasteiger partial charge in [-0.25, -0.2) is 0 Å². The van der Waals surface area contributed by atoms with E-state index in [4.69, 9.17) is 16.6 Å². The summed E-state index contributed by atoms with van der Waals surface area (Å²) >= 11 is 3.98. The number of carbonyl (C=O) groups is 5. The Bertz CT molecular complexity index is 806. The van der Waals surface area contributed by atoms with Gasteiger partial charge < -0.3 is 32.5 Å². The molecular formula is C19H27N5O6S. The second-order valence-electron chi connectivity index (χ2n) is 6.84. The fraction of sp³-hybridized carbons (Fsp3) is 0.421. The van der Waals surface area contributed by atoms with Crippen LogP contribution in [0.15, 0.2) is 30.3 Å². The van der Waals surface area contributed by atoms with Gasteiger partial charge in [0, 0.05) is 5.75 Å². The molecule has 0 saturated heterocycles. The maximum absolute atomic E-state index is 12.6. The zero-order chi connectivity index (χ0) is 23.6. The number of nitrogens with two attached hydrogens (primary N) is 2. The quantitative estimate of drug-likeness (QED) is 0.176. The van der Waals surface area contributed by atoms with Gasteiger partial charge in [0.25, 0.3) is 0 Å². The minimum absolute atomic E-state index is 0.158. The molecule has 31 heavy (non-hydrogen) atoms. The molecule has 0 heterocycles. The number of carbonyl (C=O) groups excluding carboxylic acids is 4. The molecule has 0 saturated carbocycles. The highest BCUT2D eigenvalue weighted by Crippen LogP contribution is 2.03. The Labute approximate surface area is 184 Å². The van der Waals surface area contributed by atoms with Crippen LogP contribution in [0.2, 0.25) is 0 Å². The molecule has 0 aliphatic rings. The summed E-state index contributed by atoms with van der Waals surface area (Å²) in [5, 5.41) is 15.8. The van der Waals surface area contributed by atoms with E-state index >= 15 is 0 Å². The lowest BCUT2D eigenvalue weighted by molar-refractivity contribution is -0.141. The fourth-order valence-corrected chi connectivity index (χ4v) is 2.75. The van der Waals surface area contributed by atoms with E-state index in [2.05, 4.69) is 28.6 Å². The summed E-state index contributed by atoms with van der Waals surface area (Å²) in [5.74, 6) is -4.61. The molecular weight excluding hydrogens is 426 g/mol. The van der Waals surface area contributed by atoms with Crippen LogP contribution < -0.4 is 27.4 Å². The van der Waals surface area contributed by atoms with Gasteiger partial charge in [-0.15, -0.1) is 0 Å². The van der Waals surface area contributed by atoms with Gasteiger partial charge in [0.1, 0.15) is 18.1 Å². The molecule has 8 N–H and O–H groups in total. The van der Waals surface area contributed by atoms with Crippen LogP contribution >= 0.6 is 12.6 Å². The van der Waals surface area contributed by atoms with Gasteiger partial charge in [-0.1, -0.05) is 30.3 Å². The van der Waals surface area contributed by atoms with Crippen LogP contribution in [0.25, 0.3) is 0 Å². The third kappa shape index (κ3) is 9.05. The van der Waals surface area contributed by atoms with Crippen molar-refractivity contribution in [3.05, 3.63) is 35.9 Å². The van der Waals surface area contributed by atoms with E-state index in [0.29, 0.717) is 0 Å². The van der Waals surface area contributed by atoms with Crippen molar-refractivity contribution < 1.29 is 29.1 Å². The van der Waals surface area contributed by atoms with E-state index in [-0.39, 0.29) is 12.2 Å². The molecule has 4 atom stereocenters. The summed E-state index contributed by atoms with van der Waals surface area (Å²) in [4.78, 5) is 59.4. The maximum Gasteiger partial charge on any atom is 0.325 e. The molecule has 1 aromatic carbocycles. The average molecular weight is 454 g/mol. The molecule has 0 aromatic heterocycles. The predicted octanol–water partition coefficient (Wildman–Crippen LogP) is -2.08. The first-order valence-electron chi connectivity index (χ1n) is 9.37. The Hall–Kier alpha value is -3.12. The van der Waals surface area contributed by atoms with Crippen molar-refractivity contribution in [3.63, 3.8) is 0 Å². The monoisotopic (exact) mass is 453 g/mol. The van der Waals surface area contributed by atoms with E-state index in [1.165, 1.54) is 6.92 Å². The number of rotatable bonds is 12. The summed E-state index contributed by atoms with van der Waals surface area (Å²) < 4.78 is 0. The standard InChI is InChI=1S/C19H27N5O6S/c1-10(19(29)30)22-18(28)14(9-31)24-17(27)13(8-15(21)25)23-16(26)12(20)7-11-5-3-2-4-6-11/h2-6,10,12-14,31H,7-9,20H2,1H3,(H2,21,25)(H,22,28)(H,23,26)(H,24,27)(H,29,30). The van der Waals surface area contributed by atoms with E-state index < -0.39 is 60.2 Å². The SMILES string of the molecule is CC(NC(=O)C(CS)NC(=O)C(CC(N)=O)NC(=O)C(N)Cc1ccccc1)C(=O)O. The number of thiol groups is 1. The molecule has 0 bridgehead atoms. The number of benzene rings is 1. The second-order valence-corrected chi connectivity index (χ2v) is 7.21. The number of nitrogens with one attached hydrogen (secondary N) is 3. The minimum Gasteiger partial charge on any atom is -0.480 e. The third-order valence-corrected chi connectivity index (χ3v) is 4.58. The molecule has 4 amide bonds. The molecule has 170 valence electrons. The Balaban J connectivity index is 2.80. The summed E-state index contributed by atoms with van der Waals surface area (Å²) in [6.07, 6.45) is -0.325. The number of hydrogen-bond donors (Lipinski definition) is 7. The first-order valence-corrected chi connectivity index (χ1v) is 10.0. The highest BCUT2D eigenvalue weighted by molar-refractivity contribution is 7.80. The largest absolute Gasteiger partial charge is 0.480 e. The van der Waals surface area contributed by atoms with Crippen molar-refractivity contribution in [2.75, 3.05) is 5.75 Å². The number of primary amides is 1. The number of hydrogen-bond acceptors (Lipinski definition) is 7. The lowest BCUT2D eigenvalue weighted by Gasteiger charge is -2.23. The molecule has 0 aliphatic heterocycles. The molecule has 0 aliphatic carbocycles. The summed E-state index contributed by atoms with van der Waals surface area (Å²) in [6.45, 7) is 1.25. The summed E-state index contributed by atoms with van der Waals surface area (Å²) in [6, 6.07) is 4.20. The number of carboxylic acid groups (broad SMARTS) is 1. The number of aliphatic carboxylic acids is 1. The van der Waals surface area contributed by atoms with E-state index in [0.717, 1.165) is 5.56 Å². The number of carboxylic acids is 1. The van der Waals surface area contributed by atoms with Gasteiger partial charge in [0.15, 0.2) is 0 Å². The minimum atomic E-state index is -1.38. The van der Waals surface area contributed by atoms with Crippen LogP contribution in [0.1, 0.15) is 18.9 Å². The normalized spacial score (nSPS) is 14.4. The highest BCUT2D eigenvalue weighted by atomic mass is 32.1. The van der Waals surface area contributed by atoms with E-state index in [9.17, 15) is 24.0 Å².